The predicted molar refractivity (Wildman–Crippen MR) is 98.8 cm³/mol. The van der Waals surface area contributed by atoms with E-state index in [0.717, 1.165) is 0 Å². The van der Waals surface area contributed by atoms with Crippen molar-refractivity contribution in [2.45, 2.75) is 0 Å². The van der Waals surface area contributed by atoms with E-state index in [-0.39, 0.29) is 18.3 Å². The average Bonchev–Trinajstić information content (AvgIpc) is 2.65. The quantitative estimate of drug-likeness (QED) is 0.347. The molecule has 0 heterocycles. The maximum Gasteiger partial charge on any atom is 0.311 e. The summed E-state index contributed by atoms with van der Waals surface area (Å²) in [6, 6.07) is 10.1. The number of likely N-dealkylation sites (N-methyl/N-ethyl adjacent to an activating group) is 1. The molecule has 27 heavy (non-hydrogen) atoms. The third-order valence-electron chi connectivity index (χ3n) is 3.62. The molecule has 0 radical (unpaired) electrons. The number of allylic oxidation sites excluding steroid dienone is 1. The monoisotopic (exact) mass is 370 g/mol. The molecule has 0 unspecified atom stereocenters. The molecule has 8 nitrogen and oxygen atoms in total. The van der Waals surface area contributed by atoms with E-state index >= 15 is 0 Å². The van der Waals surface area contributed by atoms with E-state index in [1.54, 1.807) is 38.4 Å². The molecule has 0 saturated heterocycles. The number of carbonyl (C=O) groups excluding carboxylic acids is 2. The predicted octanol–water partition coefficient (Wildman–Crippen LogP) is 2.66. The number of aromatic hydroxyl groups is 1. The lowest BCUT2D eigenvalue weighted by Crippen LogP contribution is -2.27. The zero-order valence-electron chi connectivity index (χ0n) is 14.8. The van der Waals surface area contributed by atoms with Crippen LogP contribution in [0.25, 0.3) is 6.08 Å². The first kappa shape index (κ1) is 19.6. The summed E-state index contributed by atoms with van der Waals surface area (Å²) in [6.45, 7) is -0.0974. The number of carbonyl (C=O) groups is 2. The minimum atomic E-state index is -0.700. The Hall–Kier alpha value is -3.68. The molecule has 0 saturated carbocycles. The lowest BCUT2D eigenvalue weighted by atomic mass is 10.1. The summed E-state index contributed by atoms with van der Waals surface area (Å²) in [7, 11) is 3.25. The van der Waals surface area contributed by atoms with Crippen molar-refractivity contribution in [3.05, 3.63) is 69.8 Å². The van der Waals surface area contributed by atoms with Gasteiger partial charge in [0.15, 0.2) is 18.1 Å². The number of nitro benzene ring substituents is 1. The summed E-state index contributed by atoms with van der Waals surface area (Å²) in [5, 5.41) is 20.2. The molecule has 0 aromatic heterocycles. The zero-order chi connectivity index (χ0) is 20.0. The van der Waals surface area contributed by atoms with E-state index in [2.05, 4.69) is 0 Å². The van der Waals surface area contributed by atoms with Crippen molar-refractivity contribution in [1.29, 1.82) is 0 Å². The molecule has 1 amide bonds. The van der Waals surface area contributed by atoms with Crippen molar-refractivity contribution in [3.8, 4) is 11.5 Å². The van der Waals surface area contributed by atoms with Gasteiger partial charge >= 0.3 is 5.69 Å². The number of ketones is 1. The highest BCUT2D eigenvalue weighted by molar-refractivity contribution is 6.06. The van der Waals surface area contributed by atoms with Gasteiger partial charge in [0.2, 0.25) is 0 Å². The molecule has 8 heteroatoms. The number of rotatable bonds is 7. The van der Waals surface area contributed by atoms with Gasteiger partial charge in [-0.05, 0) is 42.0 Å². The molecular weight excluding hydrogens is 352 g/mol. The molecule has 0 fully saturated rings. The van der Waals surface area contributed by atoms with Crippen molar-refractivity contribution in [3.63, 3.8) is 0 Å². The number of nitro groups is 1. The Balaban J connectivity index is 2.03. The number of phenolic OH excluding ortho intramolecular Hbond substituents is 1. The summed E-state index contributed by atoms with van der Waals surface area (Å²) in [5.41, 5.74) is 0.374. The van der Waals surface area contributed by atoms with E-state index < -0.39 is 16.4 Å². The van der Waals surface area contributed by atoms with Crippen molar-refractivity contribution in [2.24, 2.45) is 0 Å². The molecule has 2 aromatic carbocycles. The Morgan fingerprint density at radius 2 is 1.85 bits per heavy atom. The van der Waals surface area contributed by atoms with Crippen molar-refractivity contribution in [2.75, 3.05) is 20.7 Å². The number of hydrogen-bond acceptors (Lipinski definition) is 6. The van der Waals surface area contributed by atoms with Gasteiger partial charge in [-0.15, -0.1) is 0 Å². The van der Waals surface area contributed by atoms with E-state index in [4.69, 9.17) is 4.74 Å². The Morgan fingerprint density at radius 3 is 2.44 bits per heavy atom. The smallest absolute Gasteiger partial charge is 0.311 e. The number of phenols is 1. The van der Waals surface area contributed by atoms with Crippen LogP contribution in [0.2, 0.25) is 0 Å². The fraction of sp³-hybridized carbons (Fsp3) is 0.158. The van der Waals surface area contributed by atoms with Gasteiger partial charge in [0, 0.05) is 25.7 Å². The largest absolute Gasteiger partial charge is 0.502 e. The second-order valence-corrected chi connectivity index (χ2v) is 5.80. The molecule has 0 aliphatic carbocycles. The van der Waals surface area contributed by atoms with Crippen LogP contribution >= 0.6 is 0 Å². The fourth-order valence-electron chi connectivity index (χ4n) is 2.05. The van der Waals surface area contributed by atoms with Gasteiger partial charge in [-0.25, -0.2) is 0 Å². The Kier molecular flexibility index (Phi) is 6.27. The van der Waals surface area contributed by atoms with Crippen LogP contribution in [0.1, 0.15) is 15.9 Å². The van der Waals surface area contributed by atoms with Gasteiger partial charge in [0.1, 0.15) is 5.75 Å². The summed E-state index contributed by atoms with van der Waals surface area (Å²) in [4.78, 5) is 35.2. The molecule has 0 spiro atoms. The van der Waals surface area contributed by atoms with Crippen LogP contribution in [0.4, 0.5) is 5.69 Å². The van der Waals surface area contributed by atoms with Gasteiger partial charge in [0.25, 0.3) is 5.91 Å². The number of benzene rings is 2. The van der Waals surface area contributed by atoms with Crippen LogP contribution in [0.3, 0.4) is 0 Å². The first-order chi connectivity index (χ1) is 12.8. The summed E-state index contributed by atoms with van der Waals surface area (Å²) in [6.07, 6.45) is 2.70. The van der Waals surface area contributed by atoms with Crippen LogP contribution in [0, 0.1) is 10.1 Å². The van der Waals surface area contributed by atoms with Gasteiger partial charge < -0.3 is 14.7 Å². The lowest BCUT2D eigenvalue weighted by Gasteiger charge is -2.11. The Labute approximate surface area is 155 Å². The molecule has 2 rings (SSSR count). The fourth-order valence-corrected chi connectivity index (χ4v) is 2.05. The topological polar surface area (TPSA) is 110 Å². The highest BCUT2D eigenvalue weighted by Gasteiger charge is 2.12. The van der Waals surface area contributed by atoms with Crippen LogP contribution < -0.4 is 4.74 Å². The molecule has 0 atom stereocenters. The third kappa shape index (κ3) is 5.40. The highest BCUT2D eigenvalue weighted by Crippen LogP contribution is 2.26. The van der Waals surface area contributed by atoms with E-state index in [9.17, 15) is 24.8 Å². The first-order valence-corrected chi connectivity index (χ1v) is 7.91. The summed E-state index contributed by atoms with van der Waals surface area (Å²) < 4.78 is 5.33. The molecule has 1 N–H and O–H groups in total. The number of amides is 1. The molecule has 0 aliphatic rings. The molecule has 0 aliphatic heterocycles. The van der Waals surface area contributed by atoms with Crippen LogP contribution in [0.5, 0.6) is 11.5 Å². The molecular formula is C19H18N2O6. The minimum Gasteiger partial charge on any atom is -0.502 e. The maximum atomic E-state index is 12.2. The van der Waals surface area contributed by atoms with Crippen molar-refractivity contribution in [1.82, 2.24) is 4.90 Å². The minimum absolute atomic E-state index is 0.0974. The normalized spacial score (nSPS) is 10.6. The van der Waals surface area contributed by atoms with Gasteiger partial charge in [0.05, 0.1) is 4.92 Å². The standard InChI is InChI=1S/C19H18N2O6/c1-20(2)19(24)12-27-15-7-5-14(6-8-15)17(22)9-3-13-4-10-18(23)16(11-13)21(25)26/h3-11,23H,12H2,1-2H3/b9-3+. The SMILES string of the molecule is CN(C)C(=O)COc1ccc(C(=O)/C=C/c2ccc(O)c([N+](=O)[O-])c2)cc1. The van der Waals surface area contributed by atoms with Crippen LogP contribution in [-0.2, 0) is 4.79 Å². The number of ether oxygens (including phenoxy) is 1. The Bertz CT molecular complexity index is 888. The summed E-state index contributed by atoms with van der Waals surface area (Å²) >= 11 is 0. The third-order valence-corrected chi connectivity index (χ3v) is 3.62. The van der Waals surface area contributed by atoms with E-state index in [1.807, 2.05) is 0 Å². The first-order valence-electron chi connectivity index (χ1n) is 7.91. The molecule has 2 aromatic rings. The molecule has 0 bridgehead atoms. The zero-order valence-corrected chi connectivity index (χ0v) is 14.8. The Morgan fingerprint density at radius 1 is 1.19 bits per heavy atom. The average molecular weight is 370 g/mol. The highest BCUT2D eigenvalue weighted by atomic mass is 16.6. The van der Waals surface area contributed by atoms with Crippen LogP contribution in [0.15, 0.2) is 48.5 Å². The lowest BCUT2D eigenvalue weighted by molar-refractivity contribution is -0.385. The van der Waals surface area contributed by atoms with Crippen molar-refractivity contribution >= 4 is 23.5 Å². The van der Waals surface area contributed by atoms with Crippen LogP contribution in [-0.4, -0.2) is 47.3 Å². The second-order valence-electron chi connectivity index (χ2n) is 5.80. The van der Waals surface area contributed by atoms with Crippen molar-refractivity contribution < 1.29 is 24.4 Å². The second kappa shape index (κ2) is 8.61. The van der Waals surface area contributed by atoms with E-state index in [0.29, 0.717) is 16.9 Å². The maximum absolute atomic E-state index is 12.2. The van der Waals surface area contributed by atoms with Gasteiger partial charge in [-0.3, -0.25) is 19.7 Å². The summed E-state index contributed by atoms with van der Waals surface area (Å²) in [5.74, 6) is -0.463. The van der Waals surface area contributed by atoms with E-state index in [1.165, 1.54) is 35.3 Å². The number of nitrogens with zero attached hydrogens (tertiary/aromatic N) is 2. The molecule has 140 valence electrons. The van der Waals surface area contributed by atoms with Gasteiger partial charge in [-0.2, -0.15) is 0 Å². The van der Waals surface area contributed by atoms with Gasteiger partial charge in [-0.1, -0.05) is 12.1 Å². The number of hydrogen-bond donors (Lipinski definition) is 1.